The summed E-state index contributed by atoms with van der Waals surface area (Å²) in [5, 5.41) is 4.01. The molecule has 3 N–H and O–H groups in total. The fourth-order valence-electron chi connectivity index (χ4n) is 1.36. The van der Waals surface area contributed by atoms with Crippen molar-refractivity contribution in [2.45, 2.75) is 0 Å². The molecule has 0 heterocycles. The van der Waals surface area contributed by atoms with E-state index >= 15 is 0 Å². The fourth-order valence-corrected chi connectivity index (χ4v) is 2.53. The van der Waals surface area contributed by atoms with Gasteiger partial charge in [0.2, 0.25) is 0 Å². The van der Waals surface area contributed by atoms with E-state index in [0.29, 0.717) is 5.02 Å². The molecule has 0 aliphatic rings. The van der Waals surface area contributed by atoms with E-state index in [1.54, 1.807) is 0 Å². The van der Waals surface area contributed by atoms with Gasteiger partial charge in [-0.2, -0.15) is 0 Å². The Morgan fingerprint density at radius 3 is 2.59 bits per heavy atom. The molecule has 0 aliphatic heterocycles. The van der Waals surface area contributed by atoms with Gasteiger partial charge in [-0.3, -0.25) is 0 Å². The maximum Gasteiger partial charge on any atom is 0.0549 e. The summed E-state index contributed by atoms with van der Waals surface area (Å²) >= 11 is 11.6. The van der Waals surface area contributed by atoms with Crippen LogP contribution in [0.15, 0.2) is 40.9 Å². The Hall–Kier alpha value is -0.460. The van der Waals surface area contributed by atoms with Gasteiger partial charge in [0.25, 0.3) is 0 Å². The zero-order valence-electron chi connectivity index (χ0n) is 8.68. The standard InChI is InChI=1S/C12H9BrClIN2/c13-9-6-8(2-3-10(9)14)17-12-4-1-7(16)5-11(12)15/h1-6,17H,16H2. The van der Waals surface area contributed by atoms with Gasteiger partial charge in [-0.15, -0.1) is 0 Å². The van der Waals surface area contributed by atoms with E-state index < -0.39 is 0 Å². The van der Waals surface area contributed by atoms with Crippen LogP contribution in [0.2, 0.25) is 5.02 Å². The molecule has 0 saturated heterocycles. The average molecular weight is 423 g/mol. The highest BCUT2D eigenvalue weighted by molar-refractivity contribution is 14.1. The molecule has 88 valence electrons. The third-order valence-corrected chi connectivity index (χ3v) is 4.30. The first-order valence-electron chi connectivity index (χ1n) is 4.83. The number of rotatable bonds is 2. The first-order chi connectivity index (χ1) is 8.06. The van der Waals surface area contributed by atoms with Gasteiger partial charge in [0, 0.05) is 19.4 Å². The zero-order valence-corrected chi connectivity index (χ0v) is 13.2. The molecular weight excluding hydrogens is 414 g/mol. The van der Waals surface area contributed by atoms with Crippen molar-refractivity contribution in [3.8, 4) is 0 Å². The number of nitrogens with one attached hydrogen (secondary N) is 1. The zero-order chi connectivity index (χ0) is 12.4. The molecule has 0 unspecified atom stereocenters. The van der Waals surface area contributed by atoms with E-state index in [0.717, 1.165) is 25.1 Å². The van der Waals surface area contributed by atoms with Crippen molar-refractivity contribution in [3.05, 3.63) is 49.5 Å². The lowest BCUT2D eigenvalue weighted by atomic mass is 10.2. The van der Waals surface area contributed by atoms with Crippen molar-refractivity contribution in [1.29, 1.82) is 0 Å². The SMILES string of the molecule is Nc1ccc(Nc2ccc(Cl)c(Br)c2)c(I)c1. The quantitative estimate of drug-likeness (QED) is 0.525. The molecular formula is C12H9BrClIN2. The van der Waals surface area contributed by atoms with Crippen LogP contribution < -0.4 is 11.1 Å². The summed E-state index contributed by atoms with van der Waals surface area (Å²) in [5.74, 6) is 0. The molecule has 2 nitrogen and oxygen atoms in total. The van der Waals surface area contributed by atoms with Crippen LogP contribution in [0, 0.1) is 3.57 Å². The van der Waals surface area contributed by atoms with Crippen LogP contribution in [0.25, 0.3) is 0 Å². The third-order valence-electron chi connectivity index (χ3n) is 2.19. The van der Waals surface area contributed by atoms with Crippen LogP contribution in [0.1, 0.15) is 0 Å². The molecule has 5 heteroatoms. The molecule has 2 aromatic rings. The molecule has 17 heavy (non-hydrogen) atoms. The van der Waals surface area contributed by atoms with Crippen LogP contribution in [-0.2, 0) is 0 Å². The number of halogens is 3. The Bertz CT molecular complexity index is 560. The minimum atomic E-state index is 0.697. The predicted molar refractivity (Wildman–Crippen MR) is 86.0 cm³/mol. The summed E-state index contributed by atoms with van der Waals surface area (Å²) in [6, 6.07) is 11.5. The molecule has 0 atom stereocenters. The van der Waals surface area contributed by atoms with Gasteiger partial charge in [-0.05, 0) is 74.9 Å². The van der Waals surface area contributed by atoms with E-state index in [4.69, 9.17) is 17.3 Å². The van der Waals surface area contributed by atoms with E-state index in [2.05, 4.69) is 43.8 Å². The summed E-state index contributed by atoms with van der Waals surface area (Å²) in [4.78, 5) is 0. The highest BCUT2D eigenvalue weighted by Crippen LogP contribution is 2.29. The lowest BCUT2D eigenvalue weighted by Gasteiger charge is -2.10. The Morgan fingerprint density at radius 1 is 1.18 bits per heavy atom. The van der Waals surface area contributed by atoms with Crippen LogP contribution >= 0.6 is 50.1 Å². The third kappa shape index (κ3) is 3.26. The predicted octanol–water partition coefficient (Wildman–Crippen LogP) is 5.03. The fraction of sp³-hybridized carbons (Fsp3) is 0. The first-order valence-corrected chi connectivity index (χ1v) is 7.08. The highest BCUT2D eigenvalue weighted by atomic mass is 127. The maximum atomic E-state index is 5.94. The van der Waals surface area contributed by atoms with Crippen molar-refractivity contribution in [2.24, 2.45) is 0 Å². The molecule has 0 fully saturated rings. The minimum Gasteiger partial charge on any atom is -0.399 e. The minimum absolute atomic E-state index is 0.697. The molecule has 2 aromatic carbocycles. The molecule has 0 aliphatic carbocycles. The van der Waals surface area contributed by atoms with E-state index in [9.17, 15) is 0 Å². The molecule has 0 aromatic heterocycles. The van der Waals surface area contributed by atoms with Gasteiger partial charge in [0.15, 0.2) is 0 Å². The second-order valence-corrected chi connectivity index (χ2v) is 5.92. The second kappa shape index (κ2) is 5.46. The van der Waals surface area contributed by atoms with E-state index in [1.165, 1.54) is 0 Å². The smallest absolute Gasteiger partial charge is 0.0549 e. The summed E-state index contributed by atoms with van der Waals surface area (Å²) < 4.78 is 1.95. The largest absolute Gasteiger partial charge is 0.399 e. The van der Waals surface area contributed by atoms with Crippen molar-refractivity contribution < 1.29 is 0 Å². The van der Waals surface area contributed by atoms with Crippen LogP contribution in [0.4, 0.5) is 17.1 Å². The lowest BCUT2D eigenvalue weighted by Crippen LogP contribution is -1.94. The van der Waals surface area contributed by atoms with Crippen molar-refractivity contribution in [1.82, 2.24) is 0 Å². The number of hydrogen-bond donors (Lipinski definition) is 2. The summed E-state index contributed by atoms with van der Waals surface area (Å²) in [6.07, 6.45) is 0. The molecule has 0 radical (unpaired) electrons. The van der Waals surface area contributed by atoms with Gasteiger partial charge in [-0.1, -0.05) is 11.6 Å². The average Bonchev–Trinajstić information content (AvgIpc) is 2.27. The highest BCUT2D eigenvalue weighted by Gasteiger charge is 2.03. The van der Waals surface area contributed by atoms with E-state index in [-0.39, 0.29) is 0 Å². The lowest BCUT2D eigenvalue weighted by molar-refractivity contribution is 1.51. The summed E-state index contributed by atoms with van der Waals surface area (Å²) in [5.41, 5.74) is 8.47. The van der Waals surface area contributed by atoms with Crippen molar-refractivity contribution >= 4 is 67.2 Å². The summed E-state index contributed by atoms with van der Waals surface area (Å²) in [7, 11) is 0. The maximum absolute atomic E-state index is 5.94. The summed E-state index contributed by atoms with van der Waals surface area (Å²) in [6.45, 7) is 0. The number of hydrogen-bond acceptors (Lipinski definition) is 2. The van der Waals surface area contributed by atoms with Gasteiger partial charge in [-0.25, -0.2) is 0 Å². The molecule has 2 rings (SSSR count). The van der Waals surface area contributed by atoms with Gasteiger partial charge in [0.05, 0.1) is 10.7 Å². The number of benzene rings is 2. The Kier molecular flexibility index (Phi) is 4.17. The van der Waals surface area contributed by atoms with Crippen molar-refractivity contribution in [3.63, 3.8) is 0 Å². The number of anilines is 3. The Labute approximate surface area is 127 Å². The van der Waals surface area contributed by atoms with Crippen molar-refractivity contribution in [2.75, 3.05) is 11.1 Å². The number of nitrogen functional groups attached to an aromatic ring is 1. The first kappa shape index (κ1) is 13.0. The van der Waals surface area contributed by atoms with Crippen LogP contribution in [-0.4, -0.2) is 0 Å². The second-order valence-electron chi connectivity index (χ2n) is 3.49. The Balaban J connectivity index is 2.28. The van der Waals surface area contributed by atoms with Gasteiger partial charge >= 0.3 is 0 Å². The Morgan fingerprint density at radius 2 is 1.94 bits per heavy atom. The number of nitrogens with two attached hydrogens (primary N) is 1. The molecule has 0 saturated carbocycles. The van der Waals surface area contributed by atoms with Crippen LogP contribution in [0.3, 0.4) is 0 Å². The topological polar surface area (TPSA) is 38.0 Å². The monoisotopic (exact) mass is 422 g/mol. The molecule has 0 bridgehead atoms. The van der Waals surface area contributed by atoms with E-state index in [1.807, 2.05) is 36.4 Å². The normalized spacial score (nSPS) is 10.3. The van der Waals surface area contributed by atoms with Gasteiger partial charge in [0.1, 0.15) is 0 Å². The molecule has 0 amide bonds. The van der Waals surface area contributed by atoms with Crippen LogP contribution in [0.5, 0.6) is 0 Å². The van der Waals surface area contributed by atoms with Gasteiger partial charge < -0.3 is 11.1 Å². The molecule has 0 spiro atoms.